The zero-order valence-electron chi connectivity index (χ0n) is 19.6. The summed E-state index contributed by atoms with van der Waals surface area (Å²) in [6, 6.07) is 5.83. The monoisotopic (exact) mass is 470 g/mol. The number of aliphatic hydroxyl groups is 1. The Hall–Kier alpha value is -3.14. The summed E-state index contributed by atoms with van der Waals surface area (Å²) in [4.78, 5) is 45.6. The van der Waals surface area contributed by atoms with Crippen LogP contribution in [0.15, 0.2) is 29.3 Å². The highest BCUT2D eigenvalue weighted by Crippen LogP contribution is 2.46. The van der Waals surface area contributed by atoms with Gasteiger partial charge in [0.15, 0.2) is 5.96 Å². The Kier molecular flexibility index (Phi) is 6.79. The number of nitrogens with two attached hydrogens (primary N) is 2. The van der Waals surface area contributed by atoms with Gasteiger partial charge in [0, 0.05) is 19.6 Å². The number of benzene rings is 1. The second-order valence-corrected chi connectivity index (χ2v) is 9.61. The minimum absolute atomic E-state index is 0.0346. The third-order valence-electron chi connectivity index (χ3n) is 7.48. The number of carbonyl (C=O) groups is 3. The number of piperidine rings is 1. The molecule has 0 bridgehead atoms. The molecule has 10 heteroatoms. The molecular weight excluding hydrogens is 436 g/mol. The van der Waals surface area contributed by atoms with E-state index in [4.69, 9.17) is 11.5 Å². The van der Waals surface area contributed by atoms with Crippen molar-refractivity contribution in [1.29, 1.82) is 0 Å². The molecule has 2 fully saturated rings. The highest BCUT2D eigenvalue weighted by Gasteiger charge is 2.49. The smallest absolute Gasteiger partial charge is 0.325 e. The Bertz CT molecular complexity index is 981. The maximum absolute atomic E-state index is 13.5. The maximum atomic E-state index is 13.5. The van der Waals surface area contributed by atoms with E-state index in [1.54, 1.807) is 4.90 Å². The van der Waals surface area contributed by atoms with Crippen LogP contribution in [-0.2, 0) is 21.4 Å². The quantitative estimate of drug-likeness (QED) is 0.193. The number of amides is 4. The number of hydrogen-bond donors (Lipinski definition) is 4. The highest BCUT2D eigenvalue weighted by molar-refractivity contribution is 6.07. The first kappa shape index (κ1) is 24.0. The molecular formula is C24H34N6O4. The van der Waals surface area contributed by atoms with Crippen LogP contribution >= 0.6 is 0 Å². The molecule has 4 amide bonds. The minimum Gasteiger partial charge on any atom is -0.391 e. The number of nitrogens with zero attached hydrogens (tertiary/aromatic N) is 3. The van der Waals surface area contributed by atoms with Gasteiger partial charge in [-0.05, 0) is 62.0 Å². The summed E-state index contributed by atoms with van der Waals surface area (Å²) in [6.45, 7) is 2.83. The number of aryl methyl sites for hydroxylation is 1. The molecule has 0 radical (unpaired) electrons. The average molecular weight is 471 g/mol. The van der Waals surface area contributed by atoms with Gasteiger partial charge in [-0.15, -0.1) is 0 Å². The molecule has 3 atom stereocenters. The zero-order chi connectivity index (χ0) is 24.5. The number of aliphatic imine (C=N–C) groups is 1. The van der Waals surface area contributed by atoms with E-state index in [0.29, 0.717) is 32.5 Å². The second-order valence-electron chi connectivity index (χ2n) is 9.61. The van der Waals surface area contributed by atoms with Crippen LogP contribution in [0.5, 0.6) is 0 Å². The molecule has 0 aromatic heterocycles. The zero-order valence-corrected chi connectivity index (χ0v) is 19.6. The van der Waals surface area contributed by atoms with Crippen LogP contribution in [0.1, 0.15) is 50.2 Å². The Labute approximate surface area is 199 Å². The Morgan fingerprint density at radius 1 is 1.24 bits per heavy atom. The van der Waals surface area contributed by atoms with E-state index in [1.807, 2.05) is 0 Å². The number of fused-ring (bicyclic) bond motifs is 2. The number of likely N-dealkylation sites (tertiary alicyclic amines) is 1. The standard InChI is InChI=1S/C24H34N6O4/c1-15(31)19(30-20(32)18(28-23(30)34)7-4-12-27-22(25)26)21(33)29-13-10-24(11-14-29)9-8-16-5-2-3-6-17(16)24/h2-3,5-6,15,18-19,31H,4,7-14H2,1H3,(H,28,34)(H4,25,26,27)/t15?,18-,19-/m1/s1. The number of rotatable bonds is 7. The number of imide groups is 1. The van der Waals surface area contributed by atoms with E-state index in [9.17, 15) is 19.5 Å². The summed E-state index contributed by atoms with van der Waals surface area (Å²) in [6.07, 6.45) is 3.42. The van der Waals surface area contributed by atoms with E-state index < -0.39 is 30.1 Å². The van der Waals surface area contributed by atoms with Crippen molar-refractivity contribution in [2.45, 2.75) is 69.1 Å². The summed E-state index contributed by atoms with van der Waals surface area (Å²) in [5.41, 5.74) is 13.5. The van der Waals surface area contributed by atoms with Gasteiger partial charge >= 0.3 is 6.03 Å². The molecule has 2 aliphatic heterocycles. The summed E-state index contributed by atoms with van der Waals surface area (Å²) in [5.74, 6) is -0.930. The van der Waals surface area contributed by atoms with Crippen molar-refractivity contribution in [3.63, 3.8) is 0 Å². The van der Waals surface area contributed by atoms with Crippen molar-refractivity contribution >= 4 is 23.8 Å². The van der Waals surface area contributed by atoms with Crippen LogP contribution in [0.3, 0.4) is 0 Å². The van der Waals surface area contributed by atoms with Gasteiger partial charge in [0.2, 0.25) is 5.91 Å². The highest BCUT2D eigenvalue weighted by atomic mass is 16.3. The summed E-state index contributed by atoms with van der Waals surface area (Å²) in [5, 5.41) is 13.1. The maximum Gasteiger partial charge on any atom is 0.325 e. The Morgan fingerprint density at radius 2 is 1.94 bits per heavy atom. The molecule has 2 saturated heterocycles. The molecule has 1 aromatic carbocycles. The van der Waals surface area contributed by atoms with Crippen molar-refractivity contribution in [2.24, 2.45) is 16.5 Å². The molecule has 184 valence electrons. The third-order valence-corrected chi connectivity index (χ3v) is 7.48. The number of carbonyl (C=O) groups excluding carboxylic acids is 3. The number of urea groups is 1. The molecule has 2 heterocycles. The normalized spacial score (nSPS) is 22.9. The van der Waals surface area contributed by atoms with Gasteiger partial charge in [0.25, 0.3) is 5.91 Å². The van der Waals surface area contributed by atoms with Crippen molar-refractivity contribution in [3.8, 4) is 0 Å². The van der Waals surface area contributed by atoms with Crippen LogP contribution in [0, 0.1) is 0 Å². The lowest BCUT2D eigenvalue weighted by atomic mass is 9.73. The summed E-state index contributed by atoms with van der Waals surface area (Å²) < 4.78 is 0. The van der Waals surface area contributed by atoms with Gasteiger partial charge in [-0.1, -0.05) is 24.3 Å². The van der Waals surface area contributed by atoms with Gasteiger partial charge in [0.1, 0.15) is 12.1 Å². The van der Waals surface area contributed by atoms with E-state index in [2.05, 4.69) is 34.6 Å². The molecule has 1 spiro atoms. The fourth-order valence-corrected chi connectivity index (χ4v) is 5.67. The molecule has 3 aliphatic rings. The van der Waals surface area contributed by atoms with E-state index in [1.165, 1.54) is 18.1 Å². The Morgan fingerprint density at radius 3 is 2.62 bits per heavy atom. The fraction of sp³-hybridized carbons (Fsp3) is 0.583. The van der Waals surface area contributed by atoms with Crippen LogP contribution in [0.25, 0.3) is 0 Å². The lowest BCUT2D eigenvalue weighted by Crippen LogP contribution is -2.58. The van der Waals surface area contributed by atoms with Crippen molar-refractivity contribution in [3.05, 3.63) is 35.4 Å². The first-order valence-corrected chi connectivity index (χ1v) is 12.0. The molecule has 1 aromatic rings. The Balaban J connectivity index is 1.42. The molecule has 4 rings (SSSR count). The van der Waals surface area contributed by atoms with E-state index >= 15 is 0 Å². The topological polar surface area (TPSA) is 154 Å². The largest absolute Gasteiger partial charge is 0.391 e. The van der Waals surface area contributed by atoms with E-state index in [-0.39, 0.29) is 17.3 Å². The van der Waals surface area contributed by atoms with Crippen molar-refractivity contribution < 1.29 is 19.5 Å². The SMILES string of the molecule is CC(O)[C@H](C(=O)N1CCC2(CCc3ccccc32)CC1)N1C(=O)N[C@H](CCCN=C(N)N)C1=O. The van der Waals surface area contributed by atoms with Crippen LogP contribution in [-0.4, -0.2) is 76.5 Å². The van der Waals surface area contributed by atoms with Gasteiger partial charge in [-0.25, -0.2) is 9.69 Å². The predicted octanol–water partition coefficient (Wildman–Crippen LogP) is 0.216. The van der Waals surface area contributed by atoms with Crippen molar-refractivity contribution in [1.82, 2.24) is 15.1 Å². The van der Waals surface area contributed by atoms with Crippen LogP contribution < -0.4 is 16.8 Å². The predicted molar refractivity (Wildman–Crippen MR) is 127 cm³/mol. The molecule has 0 saturated carbocycles. The third kappa shape index (κ3) is 4.46. The number of hydrogen-bond acceptors (Lipinski definition) is 5. The minimum atomic E-state index is -1.25. The number of aliphatic hydroxyl groups excluding tert-OH is 1. The van der Waals surface area contributed by atoms with Crippen LogP contribution in [0.2, 0.25) is 0 Å². The van der Waals surface area contributed by atoms with Gasteiger partial charge < -0.3 is 26.8 Å². The van der Waals surface area contributed by atoms with Gasteiger partial charge in [-0.2, -0.15) is 0 Å². The second kappa shape index (κ2) is 9.61. The molecule has 1 aliphatic carbocycles. The molecule has 1 unspecified atom stereocenters. The fourth-order valence-electron chi connectivity index (χ4n) is 5.67. The van der Waals surface area contributed by atoms with E-state index in [0.717, 1.165) is 30.6 Å². The molecule has 34 heavy (non-hydrogen) atoms. The summed E-state index contributed by atoms with van der Waals surface area (Å²) in [7, 11) is 0. The summed E-state index contributed by atoms with van der Waals surface area (Å²) >= 11 is 0. The van der Waals surface area contributed by atoms with Crippen molar-refractivity contribution in [2.75, 3.05) is 19.6 Å². The number of guanidine groups is 1. The number of nitrogens with one attached hydrogen (secondary N) is 1. The first-order valence-electron chi connectivity index (χ1n) is 12.0. The molecule has 10 nitrogen and oxygen atoms in total. The average Bonchev–Trinajstić information content (AvgIpc) is 3.29. The lowest BCUT2D eigenvalue weighted by molar-refractivity contribution is -0.147. The molecule has 6 N–H and O–H groups in total. The van der Waals surface area contributed by atoms with Crippen LogP contribution in [0.4, 0.5) is 4.79 Å². The van der Waals surface area contributed by atoms with Gasteiger partial charge in [-0.3, -0.25) is 14.6 Å². The van der Waals surface area contributed by atoms with Gasteiger partial charge in [0.05, 0.1) is 6.10 Å². The first-order chi connectivity index (χ1) is 16.2. The lowest BCUT2D eigenvalue weighted by Gasteiger charge is -2.42.